The normalized spacial score (nSPS) is 13.5. The first-order valence-corrected chi connectivity index (χ1v) is 17.1. The van der Waals surface area contributed by atoms with Crippen molar-refractivity contribution in [3.8, 4) is 16.9 Å². The third-order valence-corrected chi connectivity index (χ3v) is 8.42. The second-order valence-electron chi connectivity index (χ2n) is 13.3. The van der Waals surface area contributed by atoms with Gasteiger partial charge in [-0.05, 0) is 114 Å². The summed E-state index contributed by atoms with van der Waals surface area (Å²) in [6.45, 7) is 17.1. The number of hydrogen-bond acceptors (Lipinski definition) is 8. The van der Waals surface area contributed by atoms with Crippen LogP contribution in [-0.4, -0.2) is 74.8 Å². The molecule has 1 aromatic heterocycles. The molecule has 0 unspecified atom stereocenters. The number of aromatic amines is 1. The van der Waals surface area contributed by atoms with Gasteiger partial charge in [-0.2, -0.15) is 0 Å². The topological polar surface area (TPSA) is 131 Å². The lowest BCUT2D eigenvalue weighted by atomic mass is 9.95. The number of benzene rings is 2. The van der Waals surface area contributed by atoms with Crippen molar-refractivity contribution in [3.63, 3.8) is 0 Å². The average Bonchev–Trinajstić information content (AvgIpc) is 3.05. The molecule has 11 heteroatoms. The lowest BCUT2D eigenvalue weighted by molar-refractivity contribution is 0.0488. The zero-order valence-corrected chi connectivity index (χ0v) is 30.0. The molecule has 1 saturated heterocycles. The first-order valence-electron chi connectivity index (χ1n) is 17.1. The van der Waals surface area contributed by atoms with E-state index in [0.29, 0.717) is 62.5 Å². The Morgan fingerprint density at radius 2 is 1.67 bits per heavy atom. The molecule has 2 amide bonds. The number of carbonyl (C=O) groups excluding carboxylic acids is 2. The molecular weight excluding hydrogens is 624 g/mol. The Labute approximate surface area is 289 Å². The largest absolute Gasteiger partial charge is 0.491 e. The third kappa shape index (κ3) is 10.8. The molecule has 0 radical (unpaired) electrons. The van der Waals surface area contributed by atoms with Gasteiger partial charge in [-0.3, -0.25) is 9.59 Å². The van der Waals surface area contributed by atoms with Gasteiger partial charge >= 0.3 is 6.09 Å². The van der Waals surface area contributed by atoms with E-state index < -0.39 is 11.7 Å². The van der Waals surface area contributed by atoms with Gasteiger partial charge in [0.1, 0.15) is 18.0 Å². The fourth-order valence-corrected chi connectivity index (χ4v) is 5.99. The van der Waals surface area contributed by atoms with Gasteiger partial charge in [0.2, 0.25) is 0 Å². The summed E-state index contributed by atoms with van der Waals surface area (Å²) in [5.41, 5.74) is 5.77. The van der Waals surface area contributed by atoms with Gasteiger partial charge in [-0.15, -0.1) is 0 Å². The number of alkyl carbamates (subject to hydrolysis) is 1. The molecule has 1 aliphatic heterocycles. The van der Waals surface area contributed by atoms with E-state index in [0.717, 1.165) is 53.0 Å². The molecule has 3 aromatic rings. The highest BCUT2D eigenvalue weighted by Crippen LogP contribution is 2.34. The fraction of sp³-hybridized carbons (Fsp3) is 0.500. The molecule has 0 atom stereocenters. The molecule has 1 aliphatic rings. The monoisotopic (exact) mass is 676 g/mol. The van der Waals surface area contributed by atoms with Crippen molar-refractivity contribution in [1.29, 1.82) is 0 Å². The molecule has 0 saturated carbocycles. The van der Waals surface area contributed by atoms with Gasteiger partial charge < -0.3 is 39.5 Å². The van der Waals surface area contributed by atoms with Crippen molar-refractivity contribution in [1.82, 2.24) is 15.6 Å². The lowest BCUT2D eigenvalue weighted by Gasteiger charge is -2.37. The molecule has 11 nitrogen and oxygen atoms in total. The van der Waals surface area contributed by atoms with E-state index in [9.17, 15) is 14.4 Å². The minimum Gasteiger partial charge on any atom is -0.491 e. The SMILES string of the molecule is CCN(c1cc(-c2ccc(OCCOCCNC(=O)OC(C)(C)C)cc2)cc(C(=O)NCc2c(C)cc(C)[nH]c2=O)c1C)C1CCOCC1. The molecule has 0 aliphatic carbocycles. The summed E-state index contributed by atoms with van der Waals surface area (Å²) in [7, 11) is 0. The smallest absolute Gasteiger partial charge is 0.407 e. The van der Waals surface area contributed by atoms with Crippen LogP contribution in [0.25, 0.3) is 11.1 Å². The van der Waals surface area contributed by atoms with Crippen LogP contribution in [0.5, 0.6) is 5.75 Å². The summed E-state index contributed by atoms with van der Waals surface area (Å²) in [4.78, 5) is 43.4. The number of rotatable bonds is 14. The predicted octanol–water partition coefficient (Wildman–Crippen LogP) is 5.82. The van der Waals surface area contributed by atoms with Crippen molar-refractivity contribution in [2.24, 2.45) is 0 Å². The fourth-order valence-electron chi connectivity index (χ4n) is 5.99. The van der Waals surface area contributed by atoms with E-state index in [2.05, 4.69) is 33.5 Å². The quantitative estimate of drug-likeness (QED) is 0.182. The number of amides is 2. The van der Waals surface area contributed by atoms with Gasteiger partial charge in [0.05, 0.1) is 13.2 Å². The van der Waals surface area contributed by atoms with Gasteiger partial charge in [0.25, 0.3) is 11.5 Å². The lowest BCUT2D eigenvalue weighted by Crippen LogP contribution is -2.40. The number of nitrogens with one attached hydrogen (secondary N) is 3. The highest BCUT2D eigenvalue weighted by molar-refractivity contribution is 5.99. The second kappa shape index (κ2) is 17.3. The van der Waals surface area contributed by atoms with E-state index in [4.69, 9.17) is 18.9 Å². The first kappa shape index (κ1) is 37.5. The molecule has 2 aromatic carbocycles. The third-order valence-electron chi connectivity index (χ3n) is 8.42. The Bertz CT molecular complexity index is 1620. The van der Waals surface area contributed by atoms with Crippen LogP contribution in [0.3, 0.4) is 0 Å². The second-order valence-corrected chi connectivity index (χ2v) is 13.3. The van der Waals surface area contributed by atoms with Gasteiger partial charge in [-0.1, -0.05) is 12.1 Å². The maximum Gasteiger partial charge on any atom is 0.407 e. The van der Waals surface area contributed by atoms with Gasteiger partial charge in [-0.25, -0.2) is 4.79 Å². The van der Waals surface area contributed by atoms with Crippen LogP contribution in [0.1, 0.15) is 73.3 Å². The van der Waals surface area contributed by atoms with E-state index in [1.54, 1.807) is 0 Å². The predicted molar refractivity (Wildman–Crippen MR) is 192 cm³/mol. The number of nitrogens with zero attached hydrogens (tertiary/aromatic N) is 1. The van der Waals surface area contributed by atoms with E-state index >= 15 is 0 Å². The number of carbonyl (C=O) groups is 2. The summed E-state index contributed by atoms with van der Waals surface area (Å²) >= 11 is 0. The summed E-state index contributed by atoms with van der Waals surface area (Å²) in [6.07, 6.45) is 1.37. The highest BCUT2D eigenvalue weighted by atomic mass is 16.6. The minimum absolute atomic E-state index is 0.132. The number of ether oxygens (including phenoxy) is 4. The Hall–Kier alpha value is -4.35. The Morgan fingerprint density at radius 1 is 0.959 bits per heavy atom. The average molecular weight is 677 g/mol. The van der Waals surface area contributed by atoms with Crippen molar-refractivity contribution in [3.05, 3.63) is 80.8 Å². The standard InChI is InChI=1S/C38H52N4O7/c1-8-42(30-13-16-46-17-14-30)34-23-29(22-32(27(34)4)35(43)40-24-33-25(2)21-26(3)41-36(33)44)28-9-11-31(12-10-28)48-20-19-47-18-15-39-37(45)49-38(5,6)7/h9-12,21-23,30H,8,13-20,24H2,1-7H3,(H,39,45)(H,40,43)(H,41,44). The van der Waals surface area contributed by atoms with Crippen LogP contribution in [-0.2, 0) is 20.8 Å². The van der Waals surface area contributed by atoms with Crippen LogP contribution in [0.4, 0.5) is 10.5 Å². The molecule has 1 fully saturated rings. The van der Waals surface area contributed by atoms with Gasteiger partial charge in [0.15, 0.2) is 0 Å². The minimum atomic E-state index is -0.544. The summed E-state index contributed by atoms with van der Waals surface area (Å²) < 4.78 is 22.3. The van der Waals surface area contributed by atoms with Crippen LogP contribution >= 0.6 is 0 Å². The van der Waals surface area contributed by atoms with E-state index in [1.165, 1.54) is 0 Å². The van der Waals surface area contributed by atoms with E-state index in [-0.39, 0.29) is 18.0 Å². The summed E-state index contributed by atoms with van der Waals surface area (Å²) in [6, 6.07) is 14.1. The molecular formula is C38H52N4O7. The first-order chi connectivity index (χ1) is 23.4. The molecule has 4 rings (SSSR count). The number of hydrogen-bond donors (Lipinski definition) is 3. The van der Waals surface area contributed by atoms with Crippen molar-refractivity contribution < 1.29 is 28.5 Å². The van der Waals surface area contributed by atoms with Crippen molar-refractivity contribution in [2.45, 2.75) is 79.5 Å². The Balaban J connectivity index is 1.46. The number of aryl methyl sites for hydroxylation is 2. The van der Waals surface area contributed by atoms with Crippen LogP contribution < -0.4 is 25.8 Å². The molecule has 0 bridgehead atoms. The molecule has 2 heterocycles. The number of pyridine rings is 1. The number of H-pyrrole nitrogens is 1. The maximum atomic E-state index is 13.8. The maximum absolute atomic E-state index is 13.8. The Morgan fingerprint density at radius 3 is 2.33 bits per heavy atom. The summed E-state index contributed by atoms with van der Waals surface area (Å²) in [5, 5.41) is 5.67. The zero-order chi connectivity index (χ0) is 35.6. The van der Waals surface area contributed by atoms with Crippen molar-refractivity contribution in [2.75, 3.05) is 51.0 Å². The van der Waals surface area contributed by atoms with Crippen LogP contribution in [0.15, 0.2) is 47.3 Å². The van der Waals surface area contributed by atoms with Crippen molar-refractivity contribution >= 4 is 17.7 Å². The highest BCUT2D eigenvalue weighted by Gasteiger charge is 2.25. The molecule has 266 valence electrons. The molecule has 3 N–H and O–H groups in total. The molecule has 0 spiro atoms. The molecule has 49 heavy (non-hydrogen) atoms. The van der Waals surface area contributed by atoms with Gasteiger partial charge in [0, 0.05) is 61.4 Å². The Kier molecular flexibility index (Phi) is 13.3. The zero-order valence-electron chi connectivity index (χ0n) is 30.0. The van der Waals surface area contributed by atoms with Crippen LogP contribution in [0.2, 0.25) is 0 Å². The number of anilines is 1. The van der Waals surface area contributed by atoms with Crippen LogP contribution in [0, 0.1) is 20.8 Å². The number of aromatic nitrogens is 1. The van der Waals surface area contributed by atoms with E-state index in [1.807, 2.05) is 77.9 Å². The summed E-state index contributed by atoms with van der Waals surface area (Å²) in [5.74, 6) is 0.463.